The highest BCUT2D eigenvalue weighted by Gasteiger charge is 2.22. The summed E-state index contributed by atoms with van der Waals surface area (Å²) in [7, 11) is 0. The lowest BCUT2D eigenvalue weighted by Crippen LogP contribution is -2.19. The number of nitriles is 1. The van der Waals surface area contributed by atoms with Crippen molar-refractivity contribution in [3.8, 4) is 17.3 Å². The molecule has 10 nitrogen and oxygen atoms in total. The van der Waals surface area contributed by atoms with Crippen molar-refractivity contribution in [1.29, 1.82) is 5.26 Å². The van der Waals surface area contributed by atoms with E-state index in [1.807, 2.05) is 33.5 Å². The summed E-state index contributed by atoms with van der Waals surface area (Å²) in [6, 6.07) is 7.90. The van der Waals surface area contributed by atoms with E-state index in [1.165, 1.54) is 12.4 Å². The number of ether oxygens (including phenoxy) is 1. The predicted molar refractivity (Wildman–Crippen MR) is 117 cm³/mol. The van der Waals surface area contributed by atoms with Crippen LogP contribution in [0, 0.1) is 11.3 Å². The number of hydrogen-bond acceptors (Lipinski definition) is 8. The molecule has 4 heterocycles. The monoisotopic (exact) mass is 430 g/mol. The zero-order valence-corrected chi connectivity index (χ0v) is 17.3. The van der Waals surface area contributed by atoms with E-state index >= 15 is 0 Å². The van der Waals surface area contributed by atoms with Crippen LogP contribution in [-0.2, 0) is 11.3 Å². The Labute approximate surface area is 184 Å². The molecule has 1 unspecified atom stereocenters. The Balaban J connectivity index is 1.60. The van der Waals surface area contributed by atoms with Crippen LogP contribution >= 0.6 is 0 Å². The molecular weight excluding hydrogens is 408 g/mol. The number of hydrogen-bond donors (Lipinski definition) is 2. The van der Waals surface area contributed by atoms with Crippen molar-refractivity contribution in [3.05, 3.63) is 48.7 Å². The van der Waals surface area contributed by atoms with E-state index in [0.717, 1.165) is 53.8 Å². The van der Waals surface area contributed by atoms with Crippen LogP contribution in [0.25, 0.3) is 22.3 Å². The van der Waals surface area contributed by atoms with Gasteiger partial charge in [0.15, 0.2) is 6.23 Å². The van der Waals surface area contributed by atoms with Crippen LogP contribution in [0.5, 0.6) is 0 Å². The van der Waals surface area contributed by atoms with Crippen molar-refractivity contribution in [2.45, 2.75) is 32.0 Å². The first-order chi connectivity index (χ1) is 15.8. The first-order valence-electron chi connectivity index (χ1n) is 10.5. The van der Waals surface area contributed by atoms with E-state index in [4.69, 9.17) is 10.00 Å². The van der Waals surface area contributed by atoms with Crippen molar-refractivity contribution < 1.29 is 9.84 Å². The normalized spacial score (nSPS) is 16.2. The number of nitrogens with one attached hydrogen (secondary N) is 1. The molecule has 0 radical (unpaired) electrons. The van der Waals surface area contributed by atoms with E-state index in [-0.39, 0.29) is 12.8 Å². The van der Waals surface area contributed by atoms with Gasteiger partial charge >= 0.3 is 0 Å². The largest absolute Gasteiger partial charge is 0.395 e. The molecule has 0 bridgehead atoms. The minimum atomic E-state index is -0.109. The summed E-state index contributed by atoms with van der Waals surface area (Å²) in [4.78, 5) is 13.0. The van der Waals surface area contributed by atoms with Gasteiger partial charge < -0.3 is 19.7 Å². The Bertz CT molecular complexity index is 1270. The fourth-order valence-corrected chi connectivity index (χ4v) is 3.97. The first-order valence-corrected chi connectivity index (χ1v) is 10.5. The second-order valence-corrected chi connectivity index (χ2v) is 7.57. The summed E-state index contributed by atoms with van der Waals surface area (Å²) in [5, 5.41) is 26.2. The van der Waals surface area contributed by atoms with Gasteiger partial charge in [-0.25, -0.2) is 19.6 Å². The van der Waals surface area contributed by atoms with Gasteiger partial charge in [-0.1, -0.05) is 0 Å². The van der Waals surface area contributed by atoms with Gasteiger partial charge in [0.2, 0.25) is 5.95 Å². The van der Waals surface area contributed by atoms with Gasteiger partial charge in [-0.2, -0.15) is 10.4 Å². The maximum absolute atomic E-state index is 9.48. The molecule has 1 aliphatic rings. The van der Waals surface area contributed by atoms with Crippen LogP contribution in [0.2, 0.25) is 0 Å². The van der Waals surface area contributed by atoms with Crippen LogP contribution in [0.15, 0.2) is 43.1 Å². The fraction of sp³-hybridized carbons (Fsp3) is 0.318. The SMILES string of the molecule is N#Cc1cnc(Nc2cc(-c3ccnn3C3CCCCO3)c3ncn(CCO)c3c2)nc1. The van der Waals surface area contributed by atoms with Gasteiger partial charge in [-0.3, -0.25) is 0 Å². The van der Waals surface area contributed by atoms with Crippen molar-refractivity contribution in [2.24, 2.45) is 0 Å². The third kappa shape index (κ3) is 3.79. The number of aliphatic hydroxyl groups is 1. The lowest BCUT2D eigenvalue weighted by Gasteiger charge is -2.24. The third-order valence-electron chi connectivity index (χ3n) is 5.48. The van der Waals surface area contributed by atoms with Gasteiger partial charge in [-0.05, 0) is 37.5 Å². The average Bonchev–Trinajstić information content (AvgIpc) is 3.48. The number of anilines is 2. The maximum Gasteiger partial charge on any atom is 0.227 e. The topological polar surface area (TPSA) is 127 Å². The summed E-state index contributed by atoms with van der Waals surface area (Å²) < 4.78 is 9.79. The molecule has 0 aliphatic carbocycles. The van der Waals surface area contributed by atoms with Crippen LogP contribution in [0.4, 0.5) is 11.6 Å². The van der Waals surface area contributed by atoms with E-state index in [9.17, 15) is 5.11 Å². The molecule has 1 saturated heterocycles. The second-order valence-electron chi connectivity index (χ2n) is 7.57. The van der Waals surface area contributed by atoms with E-state index in [0.29, 0.717) is 18.1 Å². The third-order valence-corrected chi connectivity index (χ3v) is 5.48. The molecule has 1 atom stereocenters. The molecule has 0 amide bonds. The van der Waals surface area contributed by atoms with Crippen LogP contribution in [0.1, 0.15) is 31.1 Å². The van der Waals surface area contributed by atoms with Gasteiger partial charge in [0.25, 0.3) is 0 Å². The number of fused-ring (bicyclic) bond motifs is 1. The molecule has 2 N–H and O–H groups in total. The van der Waals surface area contributed by atoms with Crippen molar-refractivity contribution >= 4 is 22.7 Å². The molecule has 0 spiro atoms. The number of aliphatic hydroxyl groups excluding tert-OH is 1. The molecule has 32 heavy (non-hydrogen) atoms. The molecule has 1 aromatic carbocycles. The summed E-state index contributed by atoms with van der Waals surface area (Å²) >= 11 is 0. The van der Waals surface area contributed by atoms with E-state index in [2.05, 4.69) is 25.4 Å². The maximum atomic E-state index is 9.48. The van der Waals surface area contributed by atoms with Crippen LogP contribution < -0.4 is 5.32 Å². The van der Waals surface area contributed by atoms with Gasteiger partial charge in [0, 0.05) is 30.6 Å². The first kappa shape index (κ1) is 20.1. The second kappa shape index (κ2) is 8.74. The Morgan fingerprint density at radius 2 is 2.09 bits per heavy atom. The quantitative estimate of drug-likeness (QED) is 0.478. The lowest BCUT2D eigenvalue weighted by molar-refractivity contribution is -0.0383. The Morgan fingerprint density at radius 1 is 1.22 bits per heavy atom. The zero-order valence-electron chi connectivity index (χ0n) is 17.3. The minimum Gasteiger partial charge on any atom is -0.395 e. The van der Waals surface area contributed by atoms with Crippen molar-refractivity contribution in [1.82, 2.24) is 29.3 Å². The Kier molecular flexibility index (Phi) is 5.49. The summed E-state index contributed by atoms with van der Waals surface area (Å²) in [5.74, 6) is 0.381. The molecule has 3 aromatic heterocycles. The standard InChI is InChI=1S/C22H22N8O2/c23-11-15-12-24-22(25-13-15)28-16-9-17(21-19(10-16)29(6-7-31)14-26-21)18-4-5-27-30(18)20-3-1-2-8-32-20/h4-5,9-10,12-14,20,31H,1-3,6-8H2,(H,24,25,28). The minimum absolute atomic E-state index is 0.00499. The van der Waals surface area contributed by atoms with Crippen LogP contribution in [0.3, 0.4) is 0 Å². The van der Waals surface area contributed by atoms with Crippen LogP contribution in [-0.4, -0.2) is 47.6 Å². The number of imidazole rings is 1. The van der Waals surface area contributed by atoms with Gasteiger partial charge in [-0.15, -0.1) is 0 Å². The summed E-state index contributed by atoms with van der Waals surface area (Å²) in [6.07, 6.45) is 9.41. The number of nitrogens with zero attached hydrogens (tertiary/aromatic N) is 7. The zero-order chi connectivity index (χ0) is 21.9. The summed E-state index contributed by atoms with van der Waals surface area (Å²) in [5.41, 5.74) is 4.62. The molecule has 5 rings (SSSR count). The highest BCUT2D eigenvalue weighted by molar-refractivity contribution is 5.94. The lowest BCUT2D eigenvalue weighted by atomic mass is 10.1. The molecule has 4 aromatic rings. The predicted octanol–water partition coefficient (Wildman–Crippen LogP) is 3.00. The summed E-state index contributed by atoms with van der Waals surface area (Å²) in [6.45, 7) is 1.16. The molecule has 1 fully saturated rings. The van der Waals surface area contributed by atoms with E-state index in [1.54, 1.807) is 12.5 Å². The van der Waals surface area contributed by atoms with E-state index < -0.39 is 0 Å². The highest BCUT2D eigenvalue weighted by Crippen LogP contribution is 2.35. The van der Waals surface area contributed by atoms with Gasteiger partial charge in [0.1, 0.15) is 6.07 Å². The molecule has 162 valence electrons. The smallest absolute Gasteiger partial charge is 0.227 e. The van der Waals surface area contributed by atoms with Gasteiger partial charge in [0.05, 0.1) is 47.6 Å². The fourth-order valence-electron chi connectivity index (χ4n) is 3.97. The Hall–Kier alpha value is -3.81. The van der Waals surface area contributed by atoms with Crippen molar-refractivity contribution in [3.63, 3.8) is 0 Å². The number of aromatic nitrogens is 6. The molecular formula is C22H22N8O2. The number of benzene rings is 1. The van der Waals surface area contributed by atoms with Crippen molar-refractivity contribution in [2.75, 3.05) is 18.5 Å². The number of rotatable bonds is 6. The highest BCUT2D eigenvalue weighted by atomic mass is 16.5. The average molecular weight is 430 g/mol. The molecule has 0 saturated carbocycles. The molecule has 1 aliphatic heterocycles. The molecule has 10 heteroatoms. The Morgan fingerprint density at radius 3 is 2.84 bits per heavy atom.